The van der Waals surface area contributed by atoms with Gasteiger partial charge in [0.25, 0.3) is 0 Å². The van der Waals surface area contributed by atoms with Crippen molar-refractivity contribution in [2.24, 2.45) is 0 Å². The van der Waals surface area contributed by atoms with E-state index in [0.29, 0.717) is 0 Å². The van der Waals surface area contributed by atoms with Crippen molar-refractivity contribution in [3.63, 3.8) is 0 Å². The zero-order valence-corrected chi connectivity index (χ0v) is 13.6. The van der Waals surface area contributed by atoms with Crippen molar-refractivity contribution in [3.8, 4) is 0 Å². The molecule has 1 aromatic heterocycles. The zero-order chi connectivity index (χ0) is 12.4. The van der Waals surface area contributed by atoms with E-state index < -0.39 is 0 Å². The summed E-state index contributed by atoms with van der Waals surface area (Å²) in [5.74, 6) is 0. The van der Waals surface area contributed by atoms with E-state index in [-0.39, 0.29) is 6.04 Å². The third-order valence-corrected chi connectivity index (χ3v) is 4.77. The van der Waals surface area contributed by atoms with Crippen molar-refractivity contribution < 1.29 is 0 Å². The van der Waals surface area contributed by atoms with Crippen molar-refractivity contribution in [1.82, 2.24) is 5.32 Å². The molecule has 0 aliphatic rings. The highest BCUT2D eigenvalue weighted by atomic mass is 79.9. The van der Waals surface area contributed by atoms with E-state index in [9.17, 15) is 0 Å². The van der Waals surface area contributed by atoms with Gasteiger partial charge in [-0.05, 0) is 59.2 Å². The standard InChI is InChI=1S/C13H13Br2NS/c1-8-11(7-12(15)17-8)13(16-2)9-4-3-5-10(14)6-9/h3-7,13,16H,1-2H3. The molecule has 0 saturated carbocycles. The molecule has 4 heteroatoms. The molecular formula is C13H13Br2NS. The fraction of sp³-hybridized carbons (Fsp3) is 0.231. The monoisotopic (exact) mass is 373 g/mol. The molecule has 1 nitrogen and oxygen atoms in total. The largest absolute Gasteiger partial charge is 0.309 e. The predicted octanol–water partition coefficient (Wildman–Crippen LogP) is 4.89. The molecule has 0 radical (unpaired) electrons. The van der Waals surface area contributed by atoms with Crippen LogP contribution in [0.5, 0.6) is 0 Å². The van der Waals surface area contributed by atoms with Gasteiger partial charge in [0.05, 0.1) is 9.83 Å². The third kappa shape index (κ3) is 2.99. The molecule has 1 aromatic carbocycles. The van der Waals surface area contributed by atoms with Gasteiger partial charge in [0.1, 0.15) is 0 Å². The quantitative estimate of drug-likeness (QED) is 0.806. The van der Waals surface area contributed by atoms with E-state index in [4.69, 9.17) is 0 Å². The first-order chi connectivity index (χ1) is 8.11. The zero-order valence-electron chi connectivity index (χ0n) is 9.63. The molecule has 0 aliphatic carbocycles. The van der Waals surface area contributed by atoms with Crippen LogP contribution < -0.4 is 5.32 Å². The fourth-order valence-electron chi connectivity index (χ4n) is 1.93. The molecule has 90 valence electrons. The molecule has 2 aromatic rings. The number of thiophene rings is 1. The van der Waals surface area contributed by atoms with Crippen LogP contribution in [0.15, 0.2) is 38.6 Å². The molecule has 0 spiro atoms. The molecule has 17 heavy (non-hydrogen) atoms. The lowest BCUT2D eigenvalue weighted by molar-refractivity contribution is 0.690. The van der Waals surface area contributed by atoms with Crippen LogP contribution in [0.4, 0.5) is 0 Å². The molecule has 0 saturated heterocycles. The lowest BCUT2D eigenvalue weighted by Gasteiger charge is -2.17. The minimum atomic E-state index is 0.245. The molecule has 0 aliphatic heterocycles. The Hall–Kier alpha value is -0.160. The fourth-order valence-corrected chi connectivity index (χ4v) is 4.10. The minimum Gasteiger partial charge on any atom is -0.309 e. The Kier molecular flexibility index (Phi) is 4.42. The number of hydrogen-bond acceptors (Lipinski definition) is 2. The second-order valence-corrected chi connectivity index (χ2v) is 7.39. The second-order valence-electron chi connectivity index (χ2n) is 3.84. The smallest absolute Gasteiger partial charge is 0.0704 e. The SMILES string of the molecule is CNC(c1cccc(Br)c1)c1cc(Br)sc1C. The van der Waals surface area contributed by atoms with Gasteiger partial charge in [-0.2, -0.15) is 0 Å². The van der Waals surface area contributed by atoms with Crippen LogP contribution in [0.3, 0.4) is 0 Å². The van der Waals surface area contributed by atoms with Gasteiger partial charge >= 0.3 is 0 Å². The second kappa shape index (κ2) is 5.65. The maximum absolute atomic E-state index is 3.55. The molecule has 0 amide bonds. The summed E-state index contributed by atoms with van der Waals surface area (Å²) in [6, 6.07) is 10.9. The lowest BCUT2D eigenvalue weighted by Crippen LogP contribution is -2.17. The van der Waals surface area contributed by atoms with Gasteiger partial charge in [0.2, 0.25) is 0 Å². The summed E-state index contributed by atoms with van der Waals surface area (Å²) in [6.07, 6.45) is 0. The number of hydrogen-bond donors (Lipinski definition) is 1. The summed E-state index contributed by atoms with van der Waals surface area (Å²) in [4.78, 5) is 1.34. The van der Waals surface area contributed by atoms with E-state index in [1.54, 1.807) is 11.3 Å². The third-order valence-electron chi connectivity index (χ3n) is 2.71. The highest BCUT2D eigenvalue weighted by Gasteiger charge is 2.16. The van der Waals surface area contributed by atoms with Gasteiger partial charge in [-0.3, -0.25) is 0 Å². The van der Waals surface area contributed by atoms with Crippen LogP contribution in [-0.4, -0.2) is 7.05 Å². The van der Waals surface area contributed by atoms with Gasteiger partial charge in [-0.1, -0.05) is 28.1 Å². The maximum Gasteiger partial charge on any atom is 0.0704 e. The molecule has 1 atom stereocenters. The van der Waals surface area contributed by atoms with Gasteiger partial charge in [0, 0.05) is 9.35 Å². The number of rotatable bonds is 3. The van der Waals surface area contributed by atoms with E-state index in [2.05, 4.69) is 68.4 Å². The first-order valence-electron chi connectivity index (χ1n) is 5.30. The summed E-state index contributed by atoms with van der Waals surface area (Å²) in [5, 5.41) is 3.38. The predicted molar refractivity (Wildman–Crippen MR) is 81.8 cm³/mol. The van der Waals surface area contributed by atoms with Crippen molar-refractivity contribution >= 4 is 43.2 Å². The van der Waals surface area contributed by atoms with E-state index in [1.165, 1.54) is 19.8 Å². The molecule has 0 bridgehead atoms. The average Bonchev–Trinajstić information content (AvgIpc) is 2.59. The van der Waals surface area contributed by atoms with Crippen LogP contribution in [0.1, 0.15) is 22.0 Å². The van der Waals surface area contributed by atoms with Gasteiger partial charge < -0.3 is 5.32 Å². The van der Waals surface area contributed by atoms with Gasteiger partial charge in [-0.25, -0.2) is 0 Å². The lowest BCUT2D eigenvalue weighted by atomic mass is 10.00. The Morgan fingerprint density at radius 2 is 2.00 bits per heavy atom. The van der Waals surface area contributed by atoms with Crippen LogP contribution in [0.2, 0.25) is 0 Å². The highest BCUT2D eigenvalue weighted by Crippen LogP contribution is 2.34. The Morgan fingerprint density at radius 3 is 2.53 bits per heavy atom. The molecule has 1 heterocycles. The summed E-state index contributed by atoms with van der Waals surface area (Å²) in [6.45, 7) is 2.16. The number of benzene rings is 1. The van der Waals surface area contributed by atoms with Crippen molar-refractivity contribution in [2.75, 3.05) is 7.05 Å². The van der Waals surface area contributed by atoms with Crippen LogP contribution in [-0.2, 0) is 0 Å². The van der Waals surface area contributed by atoms with Crippen molar-refractivity contribution in [3.05, 3.63) is 54.6 Å². The molecule has 1 N–H and O–H groups in total. The van der Waals surface area contributed by atoms with Crippen molar-refractivity contribution in [2.45, 2.75) is 13.0 Å². The number of halogens is 2. The molecular weight excluding hydrogens is 362 g/mol. The van der Waals surface area contributed by atoms with Gasteiger partial charge in [-0.15, -0.1) is 11.3 Å². The average molecular weight is 375 g/mol. The van der Waals surface area contributed by atoms with E-state index >= 15 is 0 Å². The summed E-state index contributed by atoms with van der Waals surface area (Å²) in [5.41, 5.74) is 2.61. The van der Waals surface area contributed by atoms with Crippen LogP contribution in [0, 0.1) is 6.92 Å². The Labute approximate surface area is 123 Å². The maximum atomic E-state index is 3.55. The molecule has 0 fully saturated rings. The normalized spacial score (nSPS) is 12.7. The van der Waals surface area contributed by atoms with Crippen molar-refractivity contribution in [1.29, 1.82) is 0 Å². The Balaban J connectivity index is 2.43. The first kappa shape index (κ1) is 13.3. The minimum absolute atomic E-state index is 0.245. The number of nitrogens with one attached hydrogen (secondary N) is 1. The molecule has 1 unspecified atom stereocenters. The van der Waals surface area contributed by atoms with E-state index in [1.807, 2.05) is 13.1 Å². The Morgan fingerprint density at radius 1 is 1.24 bits per heavy atom. The molecule has 2 rings (SSSR count). The van der Waals surface area contributed by atoms with Crippen LogP contribution in [0.25, 0.3) is 0 Å². The Bertz CT molecular complexity index is 522. The first-order valence-corrected chi connectivity index (χ1v) is 7.70. The summed E-state index contributed by atoms with van der Waals surface area (Å²) < 4.78 is 2.29. The van der Waals surface area contributed by atoms with Gasteiger partial charge in [0.15, 0.2) is 0 Å². The van der Waals surface area contributed by atoms with Crippen LogP contribution >= 0.6 is 43.2 Å². The summed E-state index contributed by atoms with van der Waals surface area (Å²) in [7, 11) is 2.00. The highest BCUT2D eigenvalue weighted by molar-refractivity contribution is 9.11. The number of aryl methyl sites for hydroxylation is 1. The topological polar surface area (TPSA) is 12.0 Å². The summed E-state index contributed by atoms with van der Waals surface area (Å²) >= 11 is 8.85. The van der Waals surface area contributed by atoms with E-state index in [0.717, 1.165) is 4.47 Å².